The lowest BCUT2D eigenvalue weighted by atomic mass is 10.3. The summed E-state index contributed by atoms with van der Waals surface area (Å²) in [5.74, 6) is 1.71. The van der Waals surface area contributed by atoms with E-state index < -0.39 is 0 Å². The number of hydrogen-bond donors (Lipinski definition) is 1. The molecule has 1 N–H and O–H groups in total. The molecule has 0 aliphatic heterocycles. The quantitative estimate of drug-likeness (QED) is 0.728. The predicted octanol–water partition coefficient (Wildman–Crippen LogP) is 1.78. The van der Waals surface area contributed by atoms with Crippen LogP contribution in [0.4, 0.5) is 0 Å². The van der Waals surface area contributed by atoms with E-state index in [-0.39, 0.29) is 6.61 Å². The van der Waals surface area contributed by atoms with Gasteiger partial charge in [-0.25, -0.2) is 0 Å². The topological polar surface area (TPSA) is 41.9 Å². The SMILES string of the molecule is CCOc1ccc(OCCN(CC)CCO)cc1. The fourth-order valence-corrected chi connectivity index (χ4v) is 1.66. The highest BCUT2D eigenvalue weighted by atomic mass is 16.5. The van der Waals surface area contributed by atoms with Gasteiger partial charge in [0, 0.05) is 13.1 Å². The minimum atomic E-state index is 0.191. The smallest absolute Gasteiger partial charge is 0.119 e. The molecule has 0 spiro atoms. The van der Waals surface area contributed by atoms with Crippen LogP contribution in [0, 0.1) is 0 Å². The highest BCUT2D eigenvalue weighted by Gasteiger charge is 2.01. The molecule has 0 aromatic heterocycles. The predicted molar refractivity (Wildman–Crippen MR) is 72.3 cm³/mol. The third kappa shape index (κ3) is 5.38. The molecule has 102 valence electrons. The molecule has 1 aromatic carbocycles. The first kappa shape index (κ1) is 14.8. The van der Waals surface area contributed by atoms with Crippen molar-refractivity contribution in [2.24, 2.45) is 0 Å². The number of rotatable bonds is 9. The van der Waals surface area contributed by atoms with Crippen molar-refractivity contribution < 1.29 is 14.6 Å². The van der Waals surface area contributed by atoms with Crippen LogP contribution in [0.5, 0.6) is 11.5 Å². The number of likely N-dealkylation sites (N-methyl/N-ethyl adjacent to an activating group) is 1. The highest BCUT2D eigenvalue weighted by Crippen LogP contribution is 2.17. The summed E-state index contributed by atoms with van der Waals surface area (Å²) in [5.41, 5.74) is 0. The summed E-state index contributed by atoms with van der Waals surface area (Å²) in [6, 6.07) is 7.63. The third-order valence-corrected chi connectivity index (χ3v) is 2.67. The summed E-state index contributed by atoms with van der Waals surface area (Å²) in [4.78, 5) is 2.15. The summed E-state index contributed by atoms with van der Waals surface area (Å²) in [5, 5.41) is 8.87. The minimum Gasteiger partial charge on any atom is -0.494 e. The lowest BCUT2D eigenvalue weighted by Crippen LogP contribution is -2.30. The molecular formula is C14H23NO3. The van der Waals surface area contributed by atoms with Gasteiger partial charge in [0.1, 0.15) is 18.1 Å². The molecule has 4 nitrogen and oxygen atoms in total. The van der Waals surface area contributed by atoms with Gasteiger partial charge >= 0.3 is 0 Å². The van der Waals surface area contributed by atoms with E-state index in [9.17, 15) is 0 Å². The van der Waals surface area contributed by atoms with Crippen LogP contribution in [0.2, 0.25) is 0 Å². The first-order valence-electron chi connectivity index (χ1n) is 6.49. The minimum absolute atomic E-state index is 0.191. The average Bonchev–Trinajstić information content (AvgIpc) is 2.40. The maximum atomic E-state index is 8.87. The number of aliphatic hydroxyl groups is 1. The van der Waals surface area contributed by atoms with E-state index in [2.05, 4.69) is 11.8 Å². The van der Waals surface area contributed by atoms with E-state index in [1.54, 1.807) is 0 Å². The van der Waals surface area contributed by atoms with Crippen molar-refractivity contribution in [1.29, 1.82) is 0 Å². The number of hydrogen-bond acceptors (Lipinski definition) is 4. The Labute approximate surface area is 109 Å². The van der Waals surface area contributed by atoms with Gasteiger partial charge in [0.2, 0.25) is 0 Å². The molecule has 0 heterocycles. The average molecular weight is 253 g/mol. The Kier molecular flexibility index (Phi) is 7.22. The van der Waals surface area contributed by atoms with Crippen LogP contribution in [0.25, 0.3) is 0 Å². The molecule has 1 aromatic rings. The van der Waals surface area contributed by atoms with E-state index in [1.807, 2.05) is 31.2 Å². The van der Waals surface area contributed by atoms with Crippen LogP contribution in [0.1, 0.15) is 13.8 Å². The van der Waals surface area contributed by atoms with E-state index in [1.165, 1.54) is 0 Å². The Bertz CT molecular complexity index is 313. The normalized spacial score (nSPS) is 10.7. The Morgan fingerprint density at radius 1 is 1.00 bits per heavy atom. The summed E-state index contributed by atoms with van der Waals surface area (Å²) in [6.45, 7) is 7.98. The van der Waals surface area contributed by atoms with Crippen LogP contribution in [-0.2, 0) is 0 Å². The van der Waals surface area contributed by atoms with Gasteiger partial charge in [0.15, 0.2) is 0 Å². The van der Waals surface area contributed by atoms with Crippen molar-refractivity contribution >= 4 is 0 Å². The fourth-order valence-electron chi connectivity index (χ4n) is 1.66. The van der Waals surface area contributed by atoms with Gasteiger partial charge in [0.05, 0.1) is 13.2 Å². The van der Waals surface area contributed by atoms with Crippen molar-refractivity contribution in [3.63, 3.8) is 0 Å². The van der Waals surface area contributed by atoms with E-state index >= 15 is 0 Å². The molecular weight excluding hydrogens is 230 g/mol. The zero-order valence-corrected chi connectivity index (χ0v) is 11.3. The molecule has 0 unspecified atom stereocenters. The largest absolute Gasteiger partial charge is 0.494 e. The number of ether oxygens (including phenoxy) is 2. The molecule has 0 aliphatic carbocycles. The Hall–Kier alpha value is -1.26. The van der Waals surface area contributed by atoms with Crippen LogP contribution in [-0.4, -0.2) is 49.5 Å². The van der Waals surface area contributed by atoms with Crippen molar-refractivity contribution in [3.05, 3.63) is 24.3 Å². The summed E-state index contributed by atoms with van der Waals surface area (Å²) in [7, 11) is 0. The van der Waals surface area contributed by atoms with Crippen LogP contribution < -0.4 is 9.47 Å². The molecule has 0 aliphatic rings. The van der Waals surface area contributed by atoms with Gasteiger partial charge in [-0.2, -0.15) is 0 Å². The van der Waals surface area contributed by atoms with Gasteiger partial charge < -0.3 is 14.6 Å². The van der Waals surface area contributed by atoms with Crippen molar-refractivity contribution in [3.8, 4) is 11.5 Å². The van der Waals surface area contributed by atoms with E-state index in [0.29, 0.717) is 19.8 Å². The van der Waals surface area contributed by atoms with Gasteiger partial charge in [-0.3, -0.25) is 4.90 Å². The number of nitrogens with zero attached hydrogens (tertiary/aromatic N) is 1. The first-order chi connectivity index (χ1) is 8.80. The lowest BCUT2D eigenvalue weighted by Gasteiger charge is -2.19. The molecule has 0 saturated heterocycles. The number of aliphatic hydroxyl groups excluding tert-OH is 1. The molecule has 1 rings (SSSR count). The third-order valence-electron chi connectivity index (χ3n) is 2.67. The summed E-state index contributed by atoms with van der Waals surface area (Å²) in [6.07, 6.45) is 0. The molecule has 18 heavy (non-hydrogen) atoms. The monoisotopic (exact) mass is 253 g/mol. The molecule has 0 saturated carbocycles. The first-order valence-corrected chi connectivity index (χ1v) is 6.49. The van der Waals surface area contributed by atoms with Crippen LogP contribution in [0.15, 0.2) is 24.3 Å². The van der Waals surface area contributed by atoms with Crippen LogP contribution in [0.3, 0.4) is 0 Å². The van der Waals surface area contributed by atoms with Gasteiger partial charge in [-0.05, 0) is 37.7 Å². The molecule has 0 fully saturated rings. The fraction of sp³-hybridized carbons (Fsp3) is 0.571. The summed E-state index contributed by atoms with van der Waals surface area (Å²) < 4.78 is 11.0. The Morgan fingerprint density at radius 3 is 2.11 bits per heavy atom. The molecule has 0 bridgehead atoms. The second-order valence-electron chi connectivity index (χ2n) is 3.91. The Morgan fingerprint density at radius 2 is 1.61 bits per heavy atom. The van der Waals surface area contributed by atoms with E-state index in [0.717, 1.165) is 24.6 Å². The van der Waals surface area contributed by atoms with Gasteiger partial charge in [0.25, 0.3) is 0 Å². The molecule has 0 atom stereocenters. The van der Waals surface area contributed by atoms with Gasteiger partial charge in [-0.1, -0.05) is 6.92 Å². The van der Waals surface area contributed by atoms with Crippen molar-refractivity contribution in [2.45, 2.75) is 13.8 Å². The second kappa shape index (κ2) is 8.78. The van der Waals surface area contributed by atoms with Crippen LogP contribution >= 0.6 is 0 Å². The summed E-state index contributed by atoms with van der Waals surface area (Å²) >= 11 is 0. The second-order valence-corrected chi connectivity index (χ2v) is 3.91. The lowest BCUT2D eigenvalue weighted by molar-refractivity contribution is 0.174. The van der Waals surface area contributed by atoms with Crippen molar-refractivity contribution in [2.75, 3.05) is 39.5 Å². The molecule has 4 heteroatoms. The molecule has 0 radical (unpaired) electrons. The maximum absolute atomic E-state index is 8.87. The highest BCUT2D eigenvalue weighted by molar-refractivity contribution is 5.31. The Balaban J connectivity index is 2.30. The maximum Gasteiger partial charge on any atom is 0.119 e. The zero-order valence-electron chi connectivity index (χ0n) is 11.3. The zero-order chi connectivity index (χ0) is 13.2. The van der Waals surface area contributed by atoms with Gasteiger partial charge in [-0.15, -0.1) is 0 Å². The number of benzene rings is 1. The standard InChI is InChI=1S/C14H23NO3/c1-3-15(9-11-16)10-12-18-14-7-5-13(6-8-14)17-4-2/h5-8,16H,3-4,9-12H2,1-2H3. The van der Waals surface area contributed by atoms with E-state index in [4.69, 9.17) is 14.6 Å². The molecule has 0 amide bonds. The van der Waals surface area contributed by atoms with Crippen molar-refractivity contribution in [1.82, 2.24) is 4.90 Å².